The minimum Gasteiger partial charge on any atom is -0.426 e. The van der Waals surface area contributed by atoms with Gasteiger partial charge in [-0.05, 0) is 50.9 Å². The Morgan fingerprint density at radius 3 is 2.34 bits per heavy atom. The lowest BCUT2D eigenvalue weighted by Crippen LogP contribution is -2.52. The van der Waals surface area contributed by atoms with Crippen molar-refractivity contribution in [2.75, 3.05) is 33.2 Å². The number of benzene rings is 1. The standard InChI is InChI=1S/C22H31N3O4/c1-14(23)13-15-3-5-16(6-4-15)28-22(27)20-18-8-7-17(29-18)19(20)21(26)25-11-9-24(2)10-12-25/h3-6,14,17-20H,7-13,23H2,1-2H3/t14?,17-,18+,19?,20?/m0/s1. The number of nitrogens with two attached hydrogens (primary N) is 1. The lowest BCUT2D eigenvalue weighted by atomic mass is 9.78. The van der Waals surface area contributed by atoms with Crippen LogP contribution < -0.4 is 10.5 Å². The molecule has 4 rings (SSSR count). The zero-order valence-electron chi connectivity index (χ0n) is 17.3. The summed E-state index contributed by atoms with van der Waals surface area (Å²) in [5.41, 5.74) is 6.94. The summed E-state index contributed by atoms with van der Waals surface area (Å²) in [6, 6.07) is 7.52. The van der Waals surface area contributed by atoms with Crippen LogP contribution in [-0.2, 0) is 20.7 Å². The van der Waals surface area contributed by atoms with Crippen molar-refractivity contribution in [2.24, 2.45) is 17.6 Å². The van der Waals surface area contributed by atoms with Gasteiger partial charge in [-0.2, -0.15) is 0 Å². The number of nitrogens with zero attached hydrogens (tertiary/aromatic N) is 2. The number of amides is 1. The average molecular weight is 402 g/mol. The SMILES string of the molecule is CC(N)Cc1ccc(OC(=O)C2C(C(=O)N3CCN(C)CC3)[C@@H]3CC[C@H]2O3)cc1. The maximum absolute atomic E-state index is 13.2. The van der Waals surface area contributed by atoms with Crippen LogP contribution in [0.1, 0.15) is 25.3 Å². The van der Waals surface area contributed by atoms with Gasteiger partial charge in [-0.15, -0.1) is 0 Å². The highest BCUT2D eigenvalue weighted by atomic mass is 16.5. The van der Waals surface area contributed by atoms with Crippen molar-refractivity contribution >= 4 is 11.9 Å². The second-order valence-electron chi connectivity index (χ2n) is 8.72. The fraction of sp³-hybridized carbons (Fsp3) is 0.636. The molecule has 0 saturated carbocycles. The highest BCUT2D eigenvalue weighted by Crippen LogP contribution is 2.45. The van der Waals surface area contributed by atoms with Gasteiger partial charge < -0.3 is 25.0 Å². The number of likely N-dealkylation sites (N-methyl/N-ethyl adjacent to an activating group) is 1. The molecule has 0 aromatic heterocycles. The summed E-state index contributed by atoms with van der Waals surface area (Å²) in [5, 5.41) is 0. The van der Waals surface area contributed by atoms with E-state index in [0.29, 0.717) is 18.8 Å². The van der Waals surface area contributed by atoms with E-state index in [-0.39, 0.29) is 30.1 Å². The first-order valence-electron chi connectivity index (χ1n) is 10.6. The van der Waals surface area contributed by atoms with Crippen LogP contribution in [0.3, 0.4) is 0 Å². The van der Waals surface area contributed by atoms with Crippen molar-refractivity contribution in [1.82, 2.24) is 9.80 Å². The molecule has 2 bridgehead atoms. The van der Waals surface area contributed by atoms with Gasteiger partial charge in [0.15, 0.2) is 0 Å². The summed E-state index contributed by atoms with van der Waals surface area (Å²) in [7, 11) is 2.06. The molecule has 3 aliphatic heterocycles. The molecule has 0 spiro atoms. The van der Waals surface area contributed by atoms with Gasteiger partial charge in [-0.1, -0.05) is 12.1 Å². The number of rotatable bonds is 5. The summed E-state index contributed by atoms with van der Waals surface area (Å²) in [5.74, 6) is -0.771. The zero-order valence-corrected chi connectivity index (χ0v) is 17.3. The van der Waals surface area contributed by atoms with E-state index >= 15 is 0 Å². The third kappa shape index (κ3) is 4.32. The van der Waals surface area contributed by atoms with E-state index in [1.54, 1.807) is 12.1 Å². The minimum absolute atomic E-state index is 0.0412. The molecule has 3 saturated heterocycles. The third-order valence-electron chi connectivity index (χ3n) is 6.35. The van der Waals surface area contributed by atoms with Crippen LogP contribution >= 0.6 is 0 Å². The molecular weight excluding hydrogens is 370 g/mol. The molecule has 7 nitrogen and oxygen atoms in total. The Hall–Kier alpha value is -1.96. The van der Waals surface area contributed by atoms with Crippen molar-refractivity contribution < 1.29 is 19.1 Å². The van der Waals surface area contributed by atoms with Crippen LogP contribution in [0.25, 0.3) is 0 Å². The normalized spacial score (nSPS) is 30.4. The molecule has 1 amide bonds. The fourth-order valence-electron chi connectivity index (χ4n) is 4.78. The predicted molar refractivity (Wildman–Crippen MR) is 108 cm³/mol. The van der Waals surface area contributed by atoms with E-state index in [1.165, 1.54) is 0 Å². The summed E-state index contributed by atoms with van der Waals surface area (Å²) >= 11 is 0. The van der Waals surface area contributed by atoms with Crippen LogP contribution in [0.15, 0.2) is 24.3 Å². The predicted octanol–water partition coefficient (Wildman–Crippen LogP) is 1.05. The molecule has 3 unspecified atom stereocenters. The first-order chi connectivity index (χ1) is 13.9. The van der Waals surface area contributed by atoms with Gasteiger partial charge in [-0.25, -0.2) is 0 Å². The lowest BCUT2D eigenvalue weighted by Gasteiger charge is -2.36. The number of carbonyl (C=O) groups is 2. The molecule has 3 aliphatic rings. The van der Waals surface area contributed by atoms with Gasteiger partial charge >= 0.3 is 5.97 Å². The largest absolute Gasteiger partial charge is 0.426 e. The summed E-state index contributed by atoms with van der Waals surface area (Å²) < 4.78 is 11.6. The summed E-state index contributed by atoms with van der Waals surface area (Å²) in [4.78, 5) is 30.3. The highest BCUT2D eigenvalue weighted by Gasteiger charge is 2.57. The second-order valence-corrected chi connectivity index (χ2v) is 8.72. The zero-order chi connectivity index (χ0) is 20.5. The second kappa shape index (κ2) is 8.42. The summed E-state index contributed by atoms with van der Waals surface area (Å²) in [6.07, 6.45) is 2.04. The van der Waals surface area contributed by atoms with Gasteiger partial charge in [0, 0.05) is 32.2 Å². The molecule has 7 heteroatoms. The number of piperazine rings is 1. The van der Waals surface area contributed by atoms with E-state index in [2.05, 4.69) is 11.9 Å². The van der Waals surface area contributed by atoms with Crippen molar-refractivity contribution in [2.45, 2.75) is 44.4 Å². The number of fused-ring (bicyclic) bond motifs is 2. The number of esters is 1. The van der Waals surface area contributed by atoms with Crippen LogP contribution in [0, 0.1) is 11.8 Å². The molecule has 0 radical (unpaired) electrons. The Bertz CT molecular complexity index is 743. The number of carbonyl (C=O) groups excluding carboxylic acids is 2. The topological polar surface area (TPSA) is 85.1 Å². The number of ether oxygens (including phenoxy) is 2. The number of hydrogen-bond donors (Lipinski definition) is 1. The first kappa shape index (κ1) is 20.3. The van der Waals surface area contributed by atoms with E-state index in [0.717, 1.165) is 37.9 Å². The lowest BCUT2D eigenvalue weighted by molar-refractivity contribution is -0.149. The molecule has 1 aromatic carbocycles. The molecule has 3 heterocycles. The van der Waals surface area contributed by atoms with Crippen molar-refractivity contribution in [3.8, 4) is 5.75 Å². The maximum atomic E-state index is 13.2. The maximum Gasteiger partial charge on any atom is 0.317 e. The van der Waals surface area contributed by atoms with Gasteiger partial charge in [0.05, 0.1) is 24.0 Å². The van der Waals surface area contributed by atoms with Gasteiger partial charge in [0.1, 0.15) is 5.75 Å². The van der Waals surface area contributed by atoms with Crippen LogP contribution in [0.2, 0.25) is 0 Å². The number of hydrogen-bond acceptors (Lipinski definition) is 6. The van der Waals surface area contributed by atoms with Crippen LogP contribution in [0.5, 0.6) is 5.75 Å². The molecule has 2 N–H and O–H groups in total. The van der Waals surface area contributed by atoms with E-state index < -0.39 is 11.8 Å². The van der Waals surface area contributed by atoms with Crippen molar-refractivity contribution in [3.63, 3.8) is 0 Å². The molecule has 3 fully saturated rings. The first-order valence-corrected chi connectivity index (χ1v) is 10.6. The van der Waals surface area contributed by atoms with Gasteiger partial charge in [0.2, 0.25) is 5.91 Å². The average Bonchev–Trinajstić information content (AvgIpc) is 3.30. The monoisotopic (exact) mass is 401 g/mol. The third-order valence-corrected chi connectivity index (χ3v) is 6.35. The van der Waals surface area contributed by atoms with Crippen molar-refractivity contribution in [3.05, 3.63) is 29.8 Å². The molecule has 5 atom stereocenters. The fourth-order valence-corrected chi connectivity index (χ4v) is 4.78. The molecule has 0 aliphatic carbocycles. The Morgan fingerprint density at radius 2 is 1.72 bits per heavy atom. The molecular formula is C22H31N3O4. The molecule has 29 heavy (non-hydrogen) atoms. The summed E-state index contributed by atoms with van der Waals surface area (Å²) in [6.45, 7) is 5.07. The highest BCUT2D eigenvalue weighted by molar-refractivity contribution is 5.88. The Labute approximate surface area is 172 Å². The van der Waals surface area contributed by atoms with E-state index in [1.807, 2.05) is 24.0 Å². The van der Waals surface area contributed by atoms with E-state index in [4.69, 9.17) is 15.2 Å². The van der Waals surface area contributed by atoms with Crippen LogP contribution in [0.4, 0.5) is 0 Å². The Balaban J connectivity index is 1.44. The van der Waals surface area contributed by atoms with Gasteiger partial charge in [-0.3, -0.25) is 9.59 Å². The molecule has 158 valence electrons. The minimum atomic E-state index is -0.523. The Kier molecular flexibility index (Phi) is 5.90. The Morgan fingerprint density at radius 1 is 1.10 bits per heavy atom. The van der Waals surface area contributed by atoms with Crippen LogP contribution in [-0.4, -0.2) is 73.2 Å². The van der Waals surface area contributed by atoms with E-state index in [9.17, 15) is 9.59 Å². The smallest absolute Gasteiger partial charge is 0.317 e. The molecule has 1 aromatic rings. The van der Waals surface area contributed by atoms with Crippen molar-refractivity contribution in [1.29, 1.82) is 0 Å². The quantitative estimate of drug-likeness (QED) is 0.586. The van der Waals surface area contributed by atoms with Gasteiger partial charge in [0.25, 0.3) is 0 Å².